The Morgan fingerprint density at radius 3 is 2.24 bits per heavy atom. The normalized spacial score (nSPS) is 16.5. The van der Waals surface area contributed by atoms with Crippen LogP contribution in [-0.4, -0.2) is 17.2 Å². The summed E-state index contributed by atoms with van der Waals surface area (Å²) in [4.78, 5) is 13.6. The average molecular weight is 474 g/mol. The SMILES string of the molecule is COc1c(F)cc(Cc2sc(=O)[nH]c2O)c(F)c1-c1cc2c(cc1C)C(C)(C)CCC2(C)C. The highest BCUT2D eigenvalue weighted by Crippen LogP contribution is 2.49. The molecular weight excluding hydrogens is 444 g/mol. The number of aromatic hydroxyl groups is 1. The predicted octanol–water partition coefficient (Wildman–Crippen LogP) is 6.34. The van der Waals surface area contributed by atoms with Crippen molar-refractivity contribution in [1.29, 1.82) is 0 Å². The molecule has 4 nitrogen and oxygen atoms in total. The average Bonchev–Trinajstić information content (AvgIpc) is 3.04. The van der Waals surface area contributed by atoms with E-state index in [1.807, 2.05) is 13.0 Å². The molecule has 3 aromatic rings. The molecule has 4 rings (SSSR count). The van der Waals surface area contributed by atoms with E-state index in [2.05, 4.69) is 38.7 Å². The number of hydrogen-bond donors (Lipinski definition) is 2. The van der Waals surface area contributed by atoms with Gasteiger partial charge < -0.3 is 9.84 Å². The first kappa shape index (κ1) is 23.5. The second-order valence-corrected chi connectivity index (χ2v) is 11.3. The Balaban J connectivity index is 1.96. The number of aromatic nitrogens is 1. The predicted molar refractivity (Wildman–Crippen MR) is 128 cm³/mol. The third-order valence-corrected chi connectivity index (χ3v) is 7.84. The van der Waals surface area contributed by atoms with Gasteiger partial charge in [-0.15, -0.1) is 0 Å². The minimum Gasteiger partial charge on any atom is -0.494 e. The lowest BCUT2D eigenvalue weighted by atomic mass is 9.62. The molecule has 0 bridgehead atoms. The second kappa shape index (κ2) is 7.97. The molecule has 1 aromatic heterocycles. The number of fused-ring (bicyclic) bond motifs is 1. The van der Waals surface area contributed by atoms with Gasteiger partial charge in [-0.1, -0.05) is 45.1 Å². The molecule has 0 unspecified atom stereocenters. The summed E-state index contributed by atoms with van der Waals surface area (Å²) >= 11 is 0.775. The van der Waals surface area contributed by atoms with Crippen molar-refractivity contribution in [2.24, 2.45) is 0 Å². The van der Waals surface area contributed by atoms with E-state index in [9.17, 15) is 9.90 Å². The molecular formula is C26H29F2NO3S. The van der Waals surface area contributed by atoms with E-state index in [1.165, 1.54) is 12.7 Å². The largest absolute Gasteiger partial charge is 0.494 e. The number of hydrogen-bond acceptors (Lipinski definition) is 4. The van der Waals surface area contributed by atoms with Crippen molar-refractivity contribution in [1.82, 2.24) is 4.98 Å². The molecule has 2 aromatic carbocycles. The highest BCUT2D eigenvalue weighted by molar-refractivity contribution is 7.09. The number of thiazole rings is 1. The van der Waals surface area contributed by atoms with Gasteiger partial charge in [-0.2, -0.15) is 0 Å². The summed E-state index contributed by atoms with van der Waals surface area (Å²) < 4.78 is 36.4. The highest BCUT2D eigenvalue weighted by Gasteiger charge is 2.38. The van der Waals surface area contributed by atoms with Crippen molar-refractivity contribution in [2.45, 2.75) is 64.7 Å². The smallest absolute Gasteiger partial charge is 0.307 e. The zero-order chi connectivity index (χ0) is 24.3. The van der Waals surface area contributed by atoms with Gasteiger partial charge in [0, 0.05) is 6.42 Å². The van der Waals surface area contributed by atoms with E-state index >= 15 is 8.78 Å². The first-order chi connectivity index (χ1) is 15.4. The van der Waals surface area contributed by atoms with Crippen LogP contribution in [0, 0.1) is 18.6 Å². The van der Waals surface area contributed by atoms with Crippen LogP contribution in [-0.2, 0) is 17.3 Å². The first-order valence-electron chi connectivity index (χ1n) is 11.0. The van der Waals surface area contributed by atoms with Gasteiger partial charge in [-0.25, -0.2) is 8.78 Å². The van der Waals surface area contributed by atoms with E-state index in [4.69, 9.17) is 4.74 Å². The summed E-state index contributed by atoms with van der Waals surface area (Å²) in [6.45, 7) is 10.7. The van der Waals surface area contributed by atoms with Crippen molar-refractivity contribution >= 4 is 11.3 Å². The number of H-pyrrole nitrogens is 1. The van der Waals surface area contributed by atoms with Gasteiger partial charge in [-0.3, -0.25) is 9.78 Å². The van der Waals surface area contributed by atoms with Gasteiger partial charge in [0.25, 0.3) is 0 Å². The fraction of sp³-hybridized carbons (Fsp3) is 0.423. The maximum absolute atomic E-state index is 16.0. The van der Waals surface area contributed by atoms with Gasteiger partial charge in [0.2, 0.25) is 5.88 Å². The number of benzene rings is 2. The molecule has 0 fully saturated rings. The Morgan fingerprint density at radius 2 is 1.70 bits per heavy atom. The first-order valence-corrected chi connectivity index (χ1v) is 11.8. The molecule has 0 radical (unpaired) electrons. The Labute approximate surface area is 196 Å². The Hall–Kier alpha value is -2.67. The molecule has 1 aliphatic rings. The lowest BCUT2D eigenvalue weighted by molar-refractivity contribution is 0.332. The van der Waals surface area contributed by atoms with Crippen LogP contribution >= 0.6 is 11.3 Å². The Kier molecular flexibility index (Phi) is 5.68. The van der Waals surface area contributed by atoms with E-state index in [0.29, 0.717) is 5.56 Å². The number of rotatable bonds is 4. The lowest BCUT2D eigenvalue weighted by Crippen LogP contribution is -2.34. The standard InChI is InChI=1S/C26H29F2NO3S/c1-13-9-16-17(26(4,5)8-7-25(16,2)3)12-15(13)20-21(28)14(10-18(27)22(20)32-6)11-19-23(30)29-24(31)33-19/h9-10,12,30H,7-8,11H2,1-6H3,(H,29,31). The van der Waals surface area contributed by atoms with E-state index in [0.717, 1.165) is 41.4 Å². The minimum absolute atomic E-state index is 0.00684. The molecule has 33 heavy (non-hydrogen) atoms. The third-order valence-electron chi connectivity index (χ3n) is 6.97. The molecule has 7 heteroatoms. The van der Waals surface area contributed by atoms with Crippen molar-refractivity contribution in [2.75, 3.05) is 7.11 Å². The molecule has 0 aliphatic heterocycles. The number of nitrogens with one attached hydrogen (secondary N) is 1. The summed E-state index contributed by atoms with van der Waals surface area (Å²) in [6, 6.07) is 5.16. The molecule has 0 atom stereocenters. The summed E-state index contributed by atoms with van der Waals surface area (Å²) in [5.41, 5.74) is 3.79. The second-order valence-electron chi connectivity index (χ2n) is 10.2. The van der Waals surface area contributed by atoms with Gasteiger partial charge in [-0.05, 0) is 70.5 Å². The summed E-state index contributed by atoms with van der Waals surface area (Å²) in [6.07, 6.45) is 1.93. The maximum Gasteiger partial charge on any atom is 0.307 e. The number of aromatic amines is 1. The number of halogens is 2. The molecule has 2 N–H and O–H groups in total. The van der Waals surface area contributed by atoms with Gasteiger partial charge in [0.05, 0.1) is 17.6 Å². The van der Waals surface area contributed by atoms with Gasteiger partial charge in [0.15, 0.2) is 11.6 Å². The van der Waals surface area contributed by atoms with Crippen LogP contribution in [0.5, 0.6) is 11.6 Å². The summed E-state index contributed by atoms with van der Waals surface area (Å²) in [7, 11) is 1.32. The third kappa shape index (κ3) is 3.97. The van der Waals surface area contributed by atoms with E-state index < -0.39 is 16.5 Å². The molecule has 0 spiro atoms. The topological polar surface area (TPSA) is 62.3 Å². The Morgan fingerprint density at radius 1 is 1.09 bits per heavy atom. The molecule has 176 valence electrons. The van der Waals surface area contributed by atoms with Crippen LogP contribution in [0.3, 0.4) is 0 Å². The molecule has 1 heterocycles. The van der Waals surface area contributed by atoms with Crippen LogP contribution in [0.15, 0.2) is 23.0 Å². The number of aryl methyl sites for hydroxylation is 1. The molecule has 0 saturated carbocycles. The number of ether oxygens (including phenoxy) is 1. The van der Waals surface area contributed by atoms with Crippen molar-refractivity contribution in [3.8, 4) is 22.8 Å². The zero-order valence-electron chi connectivity index (χ0n) is 19.8. The van der Waals surface area contributed by atoms with Crippen molar-refractivity contribution in [3.63, 3.8) is 0 Å². The van der Waals surface area contributed by atoms with Crippen molar-refractivity contribution in [3.05, 3.63) is 66.6 Å². The van der Waals surface area contributed by atoms with Gasteiger partial charge >= 0.3 is 4.87 Å². The van der Waals surface area contributed by atoms with Gasteiger partial charge in [0.1, 0.15) is 5.82 Å². The van der Waals surface area contributed by atoms with Crippen LogP contribution in [0.4, 0.5) is 8.78 Å². The fourth-order valence-electron chi connectivity index (χ4n) is 4.87. The minimum atomic E-state index is -0.692. The highest BCUT2D eigenvalue weighted by atomic mass is 32.1. The maximum atomic E-state index is 16.0. The quantitative estimate of drug-likeness (QED) is 0.465. The van der Waals surface area contributed by atoms with Crippen LogP contribution in [0.25, 0.3) is 11.1 Å². The molecule has 1 aliphatic carbocycles. The summed E-state index contributed by atoms with van der Waals surface area (Å²) in [5.74, 6) is -1.79. The van der Waals surface area contributed by atoms with Crippen LogP contribution < -0.4 is 9.61 Å². The lowest BCUT2D eigenvalue weighted by Gasteiger charge is -2.42. The molecule has 0 amide bonds. The Bertz CT molecular complexity index is 1300. The van der Waals surface area contributed by atoms with Crippen molar-refractivity contribution < 1.29 is 18.6 Å². The zero-order valence-corrected chi connectivity index (χ0v) is 20.6. The van der Waals surface area contributed by atoms with Crippen LogP contribution in [0.1, 0.15) is 67.7 Å². The number of methoxy groups -OCH3 is 1. The van der Waals surface area contributed by atoms with E-state index in [-0.39, 0.29) is 44.9 Å². The molecule has 0 saturated heterocycles. The van der Waals surface area contributed by atoms with Crippen LogP contribution in [0.2, 0.25) is 0 Å². The van der Waals surface area contributed by atoms with E-state index in [1.54, 1.807) is 0 Å². The monoisotopic (exact) mass is 473 g/mol. The fourth-order valence-corrected chi connectivity index (χ4v) is 5.61. The summed E-state index contributed by atoms with van der Waals surface area (Å²) in [5, 5.41) is 9.94.